The molecule has 0 unspecified atom stereocenters. The van der Waals surface area contributed by atoms with E-state index in [0.717, 1.165) is 0 Å². The number of hydrogen-bond acceptors (Lipinski definition) is 4. The summed E-state index contributed by atoms with van der Waals surface area (Å²) in [6, 6.07) is 9.01. The topological polar surface area (TPSA) is 78.1 Å². The van der Waals surface area contributed by atoms with Crippen molar-refractivity contribution in [2.24, 2.45) is 0 Å². The average Bonchev–Trinajstić information content (AvgIpc) is 2.57. The van der Waals surface area contributed by atoms with Crippen molar-refractivity contribution < 1.29 is 9.59 Å². The number of allylic oxidation sites excluding steroid dienone is 2. The van der Waals surface area contributed by atoms with Gasteiger partial charge in [0.1, 0.15) is 0 Å². The van der Waals surface area contributed by atoms with Gasteiger partial charge >= 0.3 is 5.69 Å². The van der Waals surface area contributed by atoms with E-state index in [1.807, 2.05) is 0 Å². The molecule has 0 aliphatic heterocycles. The lowest BCUT2D eigenvalue weighted by Crippen LogP contribution is -2.44. The summed E-state index contributed by atoms with van der Waals surface area (Å²) in [5, 5.41) is 0. The Bertz CT molecular complexity index is 906. The maximum atomic E-state index is 12.6. The number of benzene rings is 1. The Morgan fingerprint density at radius 3 is 2.43 bits per heavy atom. The van der Waals surface area contributed by atoms with Gasteiger partial charge in [0.15, 0.2) is 5.78 Å². The first kappa shape index (κ1) is 14.9. The zero-order valence-corrected chi connectivity index (χ0v) is 12.2. The maximum absolute atomic E-state index is 12.6. The molecular formula is C17H14N2O4. The second kappa shape index (κ2) is 6.00. The van der Waals surface area contributed by atoms with Crippen molar-refractivity contribution in [2.45, 2.75) is 18.9 Å². The molecule has 0 fully saturated rings. The Kier molecular flexibility index (Phi) is 3.89. The van der Waals surface area contributed by atoms with Crippen LogP contribution < -0.4 is 11.2 Å². The predicted octanol–water partition coefficient (Wildman–Crippen LogP) is 1.16. The van der Waals surface area contributed by atoms with Crippen LogP contribution in [-0.2, 0) is 4.79 Å². The number of carbonyl (C=O) groups is 2. The molecule has 0 radical (unpaired) electrons. The lowest BCUT2D eigenvalue weighted by molar-refractivity contribution is -0.115. The standard InChI is InChI=1S/C17H14N2O4/c20-14-8-6-13(7-9-14)18-11-10-15(21)19(17(18)23)16(22)12-4-2-1-3-5-12/h1-6,8,10-11,13H,7,9H2/t13-/m1/s1. The molecular weight excluding hydrogens is 296 g/mol. The molecule has 0 saturated carbocycles. The molecule has 0 amide bonds. The number of carbonyl (C=O) groups excluding carboxylic acids is 2. The van der Waals surface area contributed by atoms with Crippen molar-refractivity contribution >= 4 is 11.7 Å². The van der Waals surface area contributed by atoms with Crippen LogP contribution in [0.3, 0.4) is 0 Å². The van der Waals surface area contributed by atoms with Crippen LogP contribution >= 0.6 is 0 Å². The van der Waals surface area contributed by atoms with Crippen LogP contribution in [0.15, 0.2) is 64.3 Å². The Morgan fingerprint density at radius 1 is 1.04 bits per heavy atom. The number of nitrogens with zero attached hydrogens (tertiary/aromatic N) is 2. The van der Waals surface area contributed by atoms with Gasteiger partial charge in [0.2, 0.25) is 0 Å². The molecule has 6 heteroatoms. The summed E-state index contributed by atoms with van der Waals surface area (Å²) in [7, 11) is 0. The Balaban J connectivity index is 2.09. The molecule has 1 aromatic carbocycles. The summed E-state index contributed by atoms with van der Waals surface area (Å²) < 4.78 is 1.94. The predicted molar refractivity (Wildman–Crippen MR) is 83.6 cm³/mol. The lowest BCUT2D eigenvalue weighted by Gasteiger charge is -2.19. The molecule has 0 N–H and O–H groups in total. The Hall–Kier alpha value is -3.02. The minimum Gasteiger partial charge on any atom is -0.295 e. The van der Waals surface area contributed by atoms with Crippen LogP contribution in [0.25, 0.3) is 0 Å². The summed E-state index contributed by atoms with van der Waals surface area (Å²) >= 11 is 0. The summed E-state index contributed by atoms with van der Waals surface area (Å²) in [6.07, 6.45) is 5.21. The Morgan fingerprint density at radius 2 is 1.78 bits per heavy atom. The second-order valence-electron chi connectivity index (χ2n) is 5.28. The van der Waals surface area contributed by atoms with E-state index in [1.165, 1.54) is 22.9 Å². The summed E-state index contributed by atoms with van der Waals surface area (Å²) in [6.45, 7) is 0. The fraction of sp³-hybridized carbons (Fsp3) is 0.176. The van der Waals surface area contributed by atoms with Gasteiger partial charge in [-0.05, 0) is 24.6 Å². The van der Waals surface area contributed by atoms with E-state index in [2.05, 4.69) is 0 Å². The molecule has 3 rings (SSSR count). The second-order valence-corrected chi connectivity index (χ2v) is 5.28. The van der Waals surface area contributed by atoms with Crippen molar-refractivity contribution in [2.75, 3.05) is 0 Å². The van der Waals surface area contributed by atoms with E-state index in [9.17, 15) is 19.2 Å². The maximum Gasteiger partial charge on any atom is 0.338 e. The van der Waals surface area contributed by atoms with Crippen LogP contribution in [0.4, 0.5) is 0 Å². The highest BCUT2D eigenvalue weighted by molar-refractivity contribution is 5.95. The van der Waals surface area contributed by atoms with Crippen LogP contribution in [0.1, 0.15) is 29.2 Å². The van der Waals surface area contributed by atoms with Crippen molar-refractivity contribution in [3.8, 4) is 0 Å². The van der Waals surface area contributed by atoms with E-state index in [0.29, 0.717) is 17.4 Å². The molecule has 0 spiro atoms. The third kappa shape index (κ3) is 2.83. The number of ketones is 1. The largest absolute Gasteiger partial charge is 0.338 e. The van der Waals surface area contributed by atoms with Gasteiger partial charge in [-0.15, -0.1) is 0 Å². The van der Waals surface area contributed by atoms with Crippen molar-refractivity contribution in [1.82, 2.24) is 9.13 Å². The van der Waals surface area contributed by atoms with E-state index in [1.54, 1.807) is 36.4 Å². The molecule has 6 nitrogen and oxygen atoms in total. The van der Waals surface area contributed by atoms with Gasteiger partial charge in [-0.25, -0.2) is 4.79 Å². The highest BCUT2D eigenvalue weighted by Crippen LogP contribution is 2.18. The zero-order valence-electron chi connectivity index (χ0n) is 12.2. The van der Waals surface area contributed by atoms with Crippen LogP contribution in [-0.4, -0.2) is 20.8 Å². The summed E-state index contributed by atoms with van der Waals surface area (Å²) in [5.74, 6) is -0.659. The first-order chi connectivity index (χ1) is 11.1. The molecule has 1 heterocycles. The minimum absolute atomic E-state index is 0.00276. The van der Waals surface area contributed by atoms with Gasteiger partial charge in [0.05, 0.1) is 6.04 Å². The van der Waals surface area contributed by atoms with Crippen LogP contribution in [0.2, 0.25) is 0 Å². The molecule has 1 atom stereocenters. The molecule has 1 aromatic heterocycles. The third-order valence-corrected chi connectivity index (χ3v) is 3.78. The quantitative estimate of drug-likeness (QED) is 0.834. The SMILES string of the molecule is O=C1C=C[C@@H](n2ccc(=O)n(C(=O)c3ccccc3)c2=O)CC1. The Labute approximate surface area is 131 Å². The van der Waals surface area contributed by atoms with Crippen LogP contribution in [0.5, 0.6) is 0 Å². The van der Waals surface area contributed by atoms with Gasteiger partial charge in [-0.3, -0.25) is 19.0 Å². The molecule has 1 aliphatic rings. The van der Waals surface area contributed by atoms with Crippen molar-refractivity contribution in [1.29, 1.82) is 0 Å². The van der Waals surface area contributed by atoms with Crippen molar-refractivity contribution in [3.63, 3.8) is 0 Å². The first-order valence-electron chi connectivity index (χ1n) is 7.23. The van der Waals surface area contributed by atoms with Crippen LogP contribution in [0, 0.1) is 0 Å². The number of rotatable bonds is 2. The fourth-order valence-electron chi connectivity index (χ4n) is 2.56. The first-order valence-corrected chi connectivity index (χ1v) is 7.23. The van der Waals surface area contributed by atoms with E-state index in [4.69, 9.17) is 0 Å². The van der Waals surface area contributed by atoms with Gasteiger partial charge in [0.25, 0.3) is 11.5 Å². The zero-order chi connectivity index (χ0) is 16.4. The monoisotopic (exact) mass is 310 g/mol. The van der Waals surface area contributed by atoms with Gasteiger partial charge < -0.3 is 0 Å². The van der Waals surface area contributed by atoms with Gasteiger partial charge in [-0.1, -0.05) is 24.3 Å². The normalized spacial score (nSPS) is 17.2. The minimum atomic E-state index is -0.699. The smallest absolute Gasteiger partial charge is 0.295 e. The van der Waals surface area contributed by atoms with E-state index < -0.39 is 17.2 Å². The summed E-state index contributed by atoms with van der Waals surface area (Å²) in [4.78, 5) is 48.3. The van der Waals surface area contributed by atoms with Crippen molar-refractivity contribution in [3.05, 3.63) is 81.1 Å². The molecule has 0 bridgehead atoms. The third-order valence-electron chi connectivity index (χ3n) is 3.78. The average molecular weight is 310 g/mol. The summed E-state index contributed by atoms with van der Waals surface area (Å²) in [5.41, 5.74) is -1.11. The fourth-order valence-corrected chi connectivity index (χ4v) is 2.56. The van der Waals surface area contributed by atoms with Gasteiger partial charge in [-0.2, -0.15) is 4.57 Å². The number of hydrogen-bond donors (Lipinski definition) is 0. The molecule has 23 heavy (non-hydrogen) atoms. The molecule has 1 aliphatic carbocycles. The lowest BCUT2D eigenvalue weighted by atomic mass is 10.0. The number of aromatic nitrogens is 2. The molecule has 116 valence electrons. The van der Waals surface area contributed by atoms with E-state index in [-0.39, 0.29) is 17.4 Å². The van der Waals surface area contributed by atoms with E-state index >= 15 is 0 Å². The highest BCUT2D eigenvalue weighted by atomic mass is 16.2. The highest BCUT2D eigenvalue weighted by Gasteiger charge is 2.20. The molecule has 0 saturated heterocycles. The van der Waals surface area contributed by atoms with Gasteiger partial charge in [0, 0.05) is 24.2 Å². The molecule has 2 aromatic rings.